The molecule has 2 aliphatic carbocycles. The van der Waals surface area contributed by atoms with E-state index >= 15 is 0 Å². The van der Waals surface area contributed by atoms with Gasteiger partial charge in [-0.05, 0) is 56.2 Å². The summed E-state index contributed by atoms with van der Waals surface area (Å²) in [6, 6.07) is 11.0. The Morgan fingerprint density at radius 2 is 1.77 bits per heavy atom. The first-order chi connectivity index (χ1) is 17.2. The van der Waals surface area contributed by atoms with Crippen LogP contribution in [-0.2, 0) is 6.54 Å². The van der Waals surface area contributed by atoms with Crippen molar-refractivity contribution < 1.29 is 0 Å². The van der Waals surface area contributed by atoms with Crippen LogP contribution in [0.4, 0.5) is 11.8 Å². The number of anilines is 2. The van der Waals surface area contributed by atoms with Crippen molar-refractivity contribution in [3.8, 4) is 6.07 Å². The molecule has 9 heteroatoms. The molecule has 0 amide bonds. The van der Waals surface area contributed by atoms with Crippen molar-refractivity contribution in [1.82, 2.24) is 24.8 Å². The highest BCUT2D eigenvalue weighted by molar-refractivity contribution is 5.84. The standard InChI is InChI=1S/C26H35N9/c27-15-18-5-7-19(8-6-18)16-29-13-14-30-24-23-25(35(17-31-23)22-3-1-2-4-22)34-26(33-24)32-21-11-9-20(28)10-12-21/h5-8,17,20-22,29H,1-4,9-14,16,28H2,(H2,30,32,33,34). The average molecular weight is 474 g/mol. The second kappa shape index (κ2) is 11.0. The molecule has 3 aromatic rings. The number of fused-ring (bicyclic) bond motifs is 1. The molecule has 184 valence electrons. The summed E-state index contributed by atoms with van der Waals surface area (Å²) in [4.78, 5) is 14.5. The summed E-state index contributed by atoms with van der Waals surface area (Å²) in [5, 5.41) is 19.5. The van der Waals surface area contributed by atoms with Crippen LogP contribution < -0.4 is 21.7 Å². The van der Waals surface area contributed by atoms with Crippen LogP contribution in [0.15, 0.2) is 30.6 Å². The van der Waals surface area contributed by atoms with E-state index in [2.05, 4.69) is 26.6 Å². The fraction of sp³-hybridized carbons (Fsp3) is 0.538. The Morgan fingerprint density at radius 3 is 2.51 bits per heavy atom. The number of nitrogens with two attached hydrogens (primary N) is 1. The van der Waals surface area contributed by atoms with E-state index in [-0.39, 0.29) is 0 Å². The fourth-order valence-electron chi connectivity index (χ4n) is 5.20. The Bertz CT molecular complexity index is 1150. The summed E-state index contributed by atoms with van der Waals surface area (Å²) in [5.74, 6) is 1.45. The quantitative estimate of drug-likeness (QED) is 0.346. The topological polar surface area (TPSA) is 130 Å². The van der Waals surface area contributed by atoms with Crippen molar-refractivity contribution in [2.24, 2.45) is 5.73 Å². The Labute approximate surface area is 206 Å². The first kappa shape index (κ1) is 23.5. The third-order valence-corrected chi connectivity index (χ3v) is 7.25. The zero-order valence-corrected chi connectivity index (χ0v) is 20.2. The molecule has 1 aromatic carbocycles. The van der Waals surface area contributed by atoms with Gasteiger partial charge in [0, 0.05) is 37.8 Å². The molecule has 2 fully saturated rings. The van der Waals surface area contributed by atoms with Gasteiger partial charge in [-0.25, -0.2) is 4.98 Å². The predicted octanol–water partition coefficient (Wildman–Crippen LogP) is 3.70. The number of rotatable bonds is 9. The van der Waals surface area contributed by atoms with E-state index in [1.807, 2.05) is 30.6 Å². The van der Waals surface area contributed by atoms with E-state index in [0.717, 1.165) is 67.9 Å². The van der Waals surface area contributed by atoms with Gasteiger partial charge in [0.2, 0.25) is 5.95 Å². The monoisotopic (exact) mass is 473 g/mol. The van der Waals surface area contributed by atoms with E-state index in [1.54, 1.807) is 0 Å². The molecule has 2 saturated carbocycles. The number of hydrogen-bond donors (Lipinski definition) is 4. The van der Waals surface area contributed by atoms with Crippen LogP contribution >= 0.6 is 0 Å². The lowest BCUT2D eigenvalue weighted by Crippen LogP contribution is -2.33. The first-order valence-corrected chi connectivity index (χ1v) is 12.9. The summed E-state index contributed by atoms with van der Waals surface area (Å²) in [5.41, 5.74) is 9.68. The minimum atomic E-state index is 0.314. The minimum absolute atomic E-state index is 0.314. The lowest BCUT2D eigenvalue weighted by molar-refractivity contribution is 0.410. The SMILES string of the molecule is N#Cc1ccc(CNCCNc2nc(NC3CCC(N)CC3)nc3c2ncn3C2CCCC2)cc1. The molecule has 0 spiro atoms. The molecule has 2 heterocycles. The molecule has 0 bridgehead atoms. The number of nitriles is 1. The van der Waals surface area contributed by atoms with E-state index in [0.29, 0.717) is 29.6 Å². The maximum absolute atomic E-state index is 8.94. The molecule has 0 aliphatic heterocycles. The number of hydrogen-bond acceptors (Lipinski definition) is 8. The van der Waals surface area contributed by atoms with Gasteiger partial charge in [-0.3, -0.25) is 0 Å². The third-order valence-electron chi connectivity index (χ3n) is 7.25. The van der Waals surface area contributed by atoms with Gasteiger partial charge in [-0.1, -0.05) is 25.0 Å². The van der Waals surface area contributed by atoms with Crippen LogP contribution in [0.1, 0.15) is 68.5 Å². The summed E-state index contributed by atoms with van der Waals surface area (Å²) >= 11 is 0. The second-order valence-corrected chi connectivity index (χ2v) is 9.83. The van der Waals surface area contributed by atoms with Crippen LogP contribution in [0.25, 0.3) is 11.2 Å². The lowest BCUT2D eigenvalue weighted by Gasteiger charge is -2.27. The number of imidazole rings is 1. The molecule has 0 unspecified atom stereocenters. The van der Waals surface area contributed by atoms with E-state index in [9.17, 15) is 0 Å². The smallest absolute Gasteiger partial charge is 0.227 e. The van der Waals surface area contributed by atoms with Crippen LogP contribution in [0.2, 0.25) is 0 Å². The fourth-order valence-corrected chi connectivity index (χ4v) is 5.20. The molecule has 0 radical (unpaired) electrons. The lowest BCUT2D eigenvalue weighted by atomic mass is 9.92. The van der Waals surface area contributed by atoms with E-state index in [4.69, 9.17) is 25.9 Å². The van der Waals surface area contributed by atoms with Crippen molar-refractivity contribution in [3.63, 3.8) is 0 Å². The molecule has 9 nitrogen and oxygen atoms in total. The Balaban J connectivity index is 1.26. The van der Waals surface area contributed by atoms with Gasteiger partial charge in [0.25, 0.3) is 0 Å². The highest BCUT2D eigenvalue weighted by Crippen LogP contribution is 2.33. The number of nitrogens with one attached hydrogen (secondary N) is 3. The van der Waals surface area contributed by atoms with E-state index in [1.165, 1.54) is 25.7 Å². The van der Waals surface area contributed by atoms with Crippen LogP contribution in [-0.4, -0.2) is 44.7 Å². The molecule has 5 rings (SSSR count). The zero-order valence-electron chi connectivity index (χ0n) is 20.2. The second-order valence-electron chi connectivity index (χ2n) is 9.83. The number of aromatic nitrogens is 4. The Kier molecular flexibility index (Phi) is 7.40. The minimum Gasteiger partial charge on any atom is -0.367 e. The Hall–Kier alpha value is -3.22. The van der Waals surface area contributed by atoms with Gasteiger partial charge in [-0.2, -0.15) is 15.2 Å². The average Bonchev–Trinajstić information content (AvgIpc) is 3.56. The predicted molar refractivity (Wildman–Crippen MR) is 138 cm³/mol. The van der Waals surface area contributed by atoms with Gasteiger partial charge < -0.3 is 26.3 Å². The third kappa shape index (κ3) is 5.72. The van der Waals surface area contributed by atoms with Crippen LogP contribution in [0.5, 0.6) is 0 Å². The molecule has 0 atom stereocenters. The molecule has 0 saturated heterocycles. The Morgan fingerprint density at radius 1 is 1.00 bits per heavy atom. The number of nitrogens with zero attached hydrogens (tertiary/aromatic N) is 5. The van der Waals surface area contributed by atoms with Crippen molar-refractivity contribution >= 4 is 22.9 Å². The van der Waals surface area contributed by atoms with Crippen molar-refractivity contribution in [3.05, 3.63) is 41.7 Å². The van der Waals surface area contributed by atoms with Gasteiger partial charge in [0.05, 0.1) is 18.0 Å². The van der Waals surface area contributed by atoms with E-state index < -0.39 is 0 Å². The highest BCUT2D eigenvalue weighted by atomic mass is 15.2. The summed E-state index contributed by atoms with van der Waals surface area (Å²) in [6.45, 7) is 2.24. The molecular weight excluding hydrogens is 438 g/mol. The zero-order chi connectivity index (χ0) is 24.0. The first-order valence-electron chi connectivity index (χ1n) is 12.9. The van der Waals surface area contributed by atoms with Crippen LogP contribution in [0.3, 0.4) is 0 Å². The molecule has 2 aliphatic rings. The van der Waals surface area contributed by atoms with Gasteiger partial charge in [0.1, 0.15) is 0 Å². The normalized spacial score (nSPS) is 20.7. The maximum atomic E-state index is 8.94. The van der Waals surface area contributed by atoms with Crippen molar-refractivity contribution in [2.45, 2.75) is 76.0 Å². The van der Waals surface area contributed by atoms with Crippen molar-refractivity contribution in [1.29, 1.82) is 5.26 Å². The maximum Gasteiger partial charge on any atom is 0.227 e. The van der Waals surface area contributed by atoms with Gasteiger partial charge in [-0.15, -0.1) is 0 Å². The van der Waals surface area contributed by atoms with Gasteiger partial charge >= 0.3 is 0 Å². The number of benzene rings is 1. The molecule has 5 N–H and O–H groups in total. The molecular formula is C26H35N9. The summed E-state index contributed by atoms with van der Waals surface area (Å²) in [6.07, 6.45) is 11.0. The molecule has 2 aromatic heterocycles. The summed E-state index contributed by atoms with van der Waals surface area (Å²) in [7, 11) is 0. The summed E-state index contributed by atoms with van der Waals surface area (Å²) < 4.78 is 2.25. The highest BCUT2D eigenvalue weighted by Gasteiger charge is 2.23. The van der Waals surface area contributed by atoms with Gasteiger partial charge in [0.15, 0.2) is 17.0 Å². The largest absolute Gasteiger partial charge is 0.367 e. The van der Waals surface area contributed by atoms with Crippen molar-refractivity contribution in [2.75, 3.05) is 23.7 Å². The molecule has 35 heavy (non-hydrogen) atoms. The van der Waals surface area contributed by atoms with Crippen LogP contribution in [0, 0.1) is 11.3 Å².